The number of carbonyl (C=O) groups excluding carboxylic acids is 1. The summed E-state index contributed by atoms with van der Waals surface area (Å²) in [6.07, 6.45) is 4.81. The molecular formula is C20H23N5O3. The summed E-state index contributed by atoms with van der Waals surface area (Å²) >= 11 is 0. The Morgan fingerprint density at radius 2 is 2.25 bits per heavy atom. The lowest BCUT2D eigenvalue weighted by molar-refractivity contribution is 0.0947. The minimum absolute atomic E-state index is 0.125. The SMILES string of the molecule is CNC(O)c1cc(C(=O)N[C@H]2C[C@@H]2C)cn(Cc2nccc3[nH]ccc23)c1=O. The van der Waals surface area contributed by atoms with Gasteiger partial charge in [0, 0.05) is 35.5 Å². The number of aliphatic hydroxyl groups excluding tert-OH is 1. The first-order valence-electron chi connectivity index (χ1n) is 9.29. The monoisotopic (exact) mass is 381 g/mol. The van der Waals surface area contributed by atoms with Gasteiger partial charge in [0.05, 0.1) is 23.4 Å². The quantitative estimate of drug-likeness (QED) is 0.478. The van der Waals surface area contributed by atoms with Crippen molar-refractivity contribution in [2.24, 2.45) is 5.92 Å². The Bertz CT molecular complexity index is 1090. The Labute approximate surface area is 161 Å². The van der Waals surface area contributed by atoms with Crippen LogP contribution in [0.1, 0.15) is 41.2 Å². The highest BCUT2D eigenvalue weighted by molar-refractivity contribution is 5.94. The van der Waals surface area contributed by atoms with Crippen molar-refractivity contribution < 1.29 is 9.90 Å². The molecule has 8 heteroatoms. The van der Waals surface area contributed by atoms with Gasteiger partial charge in [-0.3, -0.25) is 19.9 Å². The van der Waals surface area contributed by atoms with E-state index >= 15 is 0 Å². The predicted octanol–water partition coefficient (Wildman–Crippen LogP) is 1.12. The van der Waals surface area contributed by atoms with Gasteiger partial charge in [0.2, 0.25) is 0 Å². The van der Waals surface area contributed by atoms with Crippen molar-refractivity contribution in [3.8, 4) is 0 Å². The number of fused-ring (bicyclic) bond motifs is 1. The van der Waals surface area contributed by atoms with Gasteiger partial charge < -0.3 is 20.0 Å². The summed E-state index contributed by atoms with van der Waals surface area (Å²) < 4.78 is 1.43. The van der Waals surface area contributed by atoms with Gasteiger partial charge in [0.25, 0.3) is 11.5 Å². The molecule has 0 spiro atoms. The number of aromatic nitrogens is 3. The summed E-state index contributed by atoms with van der Waals surface area (Å²) in [5, 5.41) is 16.7. The molecule has 3 aromatic rings. The zero-order chi connectivity index (χ0) is 19.8. The number of aromatic amines is 1. The smallest absolute Gasteiger partial charge is 0.258 e. The lowest BCUT2D eigenvalue weighted by Gasteiger charge is -2.15. The number of amides is 1. The van der Waals surface area contributed by atoms with Crippen molar-refractivity contribution in [1.82, 2.24) is 25.2 Å². The standard InChI is InChI=1S/C20H23N5O3/c1-11-7-16(11)24-18(26)12-8-14(19(27)21-2)20(28)25(9-12)10-17-13-3-5-22-15(13)4-6-23-17/h3-6,8-9,11,16,19,21-22,27H,7,10H2,1-2H3,(H,24,26)/t11-,16-,19?/m0/s1. The molecule has 0 saturated heterocycles. The molecule has 3 atom stereocenters. The van der Waals surface area contributed by atoms with E-state index in [1.807, 2.05) is 18.3 Å². The maximum absolute atomic E-state index is 12.9. The number of rotatable bonds is 6. The highest BCUT2D eigenvalue weighted by Crippen LogP contribution is 2.29. The van der Waals surface area contributed by atoms with Gasteiger partial charge in [-0.05, 0) is 37.6 Å². The van der Waals surface area contributed by atoms with Gasteiger partial charge in [0.1, 0.15) is 6.23 Å². The summed E-state index contributed by atoms with van der Waals surface area (Å²) in [7, 11) is 1.55. The molecule has 1 aliphatic carbocycles. The fourth-order valence-corrected chi connectivity index (χ4v) is 3.36. The van der Waals surface area contributed by atoms with Crippen LogP contribution in [0.5, 0.6) is 0 Å². The summed E-state index contributed by atoms with van der Waals surface area (Å²) in [5.74, 6) is 0.216. The third-order valence-corrected chi connectivity index (χ3v) is 5.25. The van der Waals surface area contributed by atoms with Gasteiger partial charge in [-0.1, -0.05) is 6.92 Å². The largest absolute Gasteiger partial charge is 0.374 e. The summed E-state index contributed by atoms with van der Waals surface area (Å²) in [4.78, 5) is 33.1. The molecule has 0 bridgehead atoms. The molecule has 1 amide bonds. The molecule has 1 fully saturated rings. The van der Waals surface area contributed by atoms with Crippen LogP contribution in [-0.4, -0.2) is 38.6 Å². The normalized spacial score (nSPS) is 19.5. The van der Waals surface area contributed by atoms with E-state index in [2.05, 4.69) is 27.5 Å². The third kappa shape index (κ3) is 3.44. The maximum atomic E-state index is 12.9. The molecule has 1 aliphatic rings. The number of aliphatic hydroxyl groups is 1. The second-order valence-electron chi connectivity index (χ2n) is 7.30. The molecule has 4 rings (SSSR count). The number of pyridine rings is 2. The number of H-pyrrole nitrogens is 1. The predicted molar refractivity (Wildman–Crippen MR) is 105 cm³/mol. The second kappa shape index (κ2) is 7.21. The molecule has 3 heterocycles. The fourth-order valence-electron chi connectivity index (χ4n) is 3.36. The van der Waals surface area contributed by atoms with E-state index in [0.29, 0.717) is 17.2 Å². The average Bonchev–Trinajstić information content (AvgIpc) is 3.17. The Hall–Kier alpha value is -2.97. The first kappa shape index (κ1) is 18.4. The van der Waals surface area contributed by atoms with Crippen LogP contribution in [0.2, 0.25) is 0 Å². The van der Waals surface area contributed by atoms with E-state index in [1.54, 1.807) is 13.2 Å². The third-order valence-electron chi connectivity index (χ3n) is 5.25. The average molecular weight is 381 g/mol. The van der Waals surface area contributed by atoms with Crippen LogP contribution >= 0.6 is 0 Å². The van der Waals surface area contributed by atoms with Crippen molar-refractivity contribution in [2.75, 3.05) is 7.05 Å². The molecular weight excluding hydrogens is 358 g/mol. The van der Waals surface area contributed by atoms with Crippen LogP contribution in [0.15, 0.2) is 41.6 Å². The van der Waals surface area contributed by atoms with Gasteiger partial charge in [-0.2, -0.15) is 0 Å². The second-order valence-corrected chi connectivity index (χ2v) is 7.30. The molecule has 28 heavy (non-hydrogen) atoms. The van der Waals surface area contributed by atoms with E-state index in [1.165, 1.54) is 16.8 Å². The first-order chi connectivity index (χ1) is 13.5. The Balaban J connectivity index is 1.74. The minimum Gasteiger partial charge on any atom is -0.374 e. The van der Waals surface area contributed by atoms with E-state index in [-0.39, 0.29) is 29.6 Å². The van der Waals surface area contributed by atoms with Gasteiger partial charge in [-0.15, -0.1) is 0 Å². The number of carbonyl (C=O) groups is 1. The Morgan fingerprint density at radius 1 is 1.46 bits per heavy atom. The molecule has 3 aromatic heterocycles. The van der Waals surface area contributed by atoms with Crippen molar-refractivity contribution in [3.05, 3.63) is 64.0 Å². The summed E-state index contributed by atoms with van der Waals surface area (Å²) in [6.45, 7) is 2.27. The van der Waals surface area contributed by atoms with Crippen molar-refractivity contribution in [3.63, 3.8) is 0 Å². The van der Waals surface area contributed by atoms with Crippen molar-refractivity contribution in [2.45, 2.75) is 32.2 Å². The van der Waals surface area contributed by atoms with Crippen LogP contribution in [0.25, 0.3) is 10.9 Å². The summed E-state index contributed by atoms with van der Waals surface area (Å²) in [6, 6.07) is 5.38. The zero-order valence-corrected chi connectivity index (χ0v) is 15.8. The molecule has 8 nitrogen and oxygen atoms in total. The minimum atomic E-state index is -1.16. The maximum Gasteiger partial charge on any atom is 0.258 e. The highest BCUT2D eigenvalue weighted by atomic mass is 16.3. The summed E-state index contributed by atoms with van der Waals surface area (Å²) in [5.41, 5.74) is 1.72. The van der Waals surface area contributed by atoms with Crippen LogP contribution in [0, 0.1) is 5.92 Å². The molecule has 0 radical (unpaired) electrons. The molecule has 1 unspecified atom stereocenters. The zero-order valence-electron chi connectivity index (χ0n) is 15.8. The molecule has 0 aliphatic heterocycles. The van der Waals surface area contributed by atoms with E-state index in [9.17, 15) is 14.7 Å². The van der Waals surface area contributed by atoms with Gasteiger partial charge in [0.15, 0.2) is 0 Å². The van der Waals surface area contributed by atoms with Crippen LogP contribution < -0.4 is 16.2 Å². The molecule has 4 N–H and O–H groups in total. The van der Waals surface area contributed by atoms with E-state index < -0.39 is 6.23 Å². The van der Waals surface area contributed by atoms with E-state index in [4.69, 9.17) is 0 Å². The molecule has 146 valence electrons. The van der Waals surface area contributed by atoms with Crippen LogP contribution in [0.3, 0.4) is 0 Å². The number of nitrogens with zero attached hydrogens (tertiary/aromatic N) is 2. The van der Waals surface area contributed by atoms with Crippen LogP contribution in [-0.2, 0) is 6.54 Å². The Morgan fingerprint density at radius 3 is 2.96 bits per heavy atom. The molecule has 0 aromatic carbocycles. The highest BCUT2D eigenvalue weighted by Gasteiger charge is 2.34. The van der Waals surface area contributed by atoms with Crippen molar-refractivity contribution >= 4 is 16.8 Å². The van der Waals surface area contributed by atoms with Crippen LogP contribution in [0.4, 0.5) is 0 Å². The van der Waals surface area contributed by atoms with Gasteiger partial charge in [-0.25, -0.2) is 0 Å². The number of nitrogens with one attached hydrogen (secondary N) is 3. The van der Waals surface area contributed by atoms with E-state index in [0.717, 1.165) is 17.3 Å². The fraction of sp³-hybridized carbons (Fsp3) is 0.350. The molecule has 1 saturated carbocycles. The lowest BCUT2D eigenvalue weighted by Crippen LogP contribution is -2.33. The number of hydrogen-bond donors (Lipinski definition) is 4. The van der Waals surface area contributed by atoms with Gasteiger partial charge >= 0.3 is 0 Å². The Kier molecular flexibility index (Phi) is 4.74. The number of hydrogen-bond acceptors (Lipinski definition) is 5. The topological polar surface area (TPSA) is 112 Å². The lowest BCUT2D eigenvalue weighted by atomic mass is 10.1. The first-order valence-corrected chi connectivity index (χ1v) is 9.29. The van der Waals surface area contributed by atoms with Crippen molar-refractivity contribution in [1.29, 1.82) is 0 Å².